The van der Waals surface area contributed by atoms with Crippen LogP contribution in [0.2, 0.25) is 5.02 Å². The summed E-state index contributed by atoms with van der Waals surface area (Å²) in [6.45, 7) is 14.0. The molecule has 0 radical (unpaired) electrons. The number of rotatable bonds is 7. The van der Waals surface area contributed by atoms with Gasteiger partial charge in [0, 0.05) is 66.8 Å². The highest BCUT2D eigenvalue weighted by molar-refractivity contribution is 6.68. The quantitative estimate of drug-likeness (QED) is 0.461. The number of carbonyl (C=O) groups excluding carboxylic acids is 2. The van der Waals surface area contributed by atoms with Gasteiger partial charge in [0.25, 0.3) is 11.1 Å². The largest absolute Gasteiger partial charge is 0.379 e. The minimum Gasteiger partial charge on any atom is -0.379 e. The maximum Gasteiger partial charge on any atom is 0.255 e. The van der Waals surface area contributed by atoms with Crippen molar-refractivity contribution < 1.29 is 14.3 Å². The van der Waals surface area contributed by atoms with E-state index < -0.39 is 5.24 Å². The van der Waals surface area contributed by atoms with Crippen molar-refractivity contribution in [1.29, 1.82) is 0 Å². The molecule has 4 rings (SSSR count). The normalized spacial score (nSPS) is 18.9. The predicted molar refractivity (Wildman–Crippen MR) is 145 cm³/mol. The third-order valence-corrected chi connectivity index (χ3v) is 7.65. The predicted octanol–water partition coefficient (Wildman–Crippen LogP) is 5.25. The van der Waals surface area contributed by atoms with E-state index in [0.717, 1.165) is 36.5 Å². The van der Waals surface area contributed by atoms with E-state index in [1.165, 1.54) is 0 Å². The summed E-state index contributed by atoms with van der Waals surface area (Å²) < 4.78 is 7.38. The monoisotopic (exact) mass is 527 g/mol. The standard InChI is InChI=1S/C28H31Cl2N3O3/c1-5-19-13-22(17-32-9-11-36-12-10-32)33(16-20(19)6-2)28(35)23-8-7-21(29)14-25(23)26-15-24(27(30)34)18(3)31(26)4/h5-8,14-15,22H,1-2,9-13,16-17H2,3-4H3. The van der Waals surface area contributed by atoms with Crippen molar-refractivity contribution in [3.05, 3.63) is 82.6 Å². The summed E-state index contributed by atoms with van der Waals surface area (Å²) >= 11 is 12.2. The van der Waals surface area contributed by atoms with Crippen molar-refractivity contribution in [2.75, 3.05) is 39.4 Å². The van der Waals surface area contributed by atoms with Gasteiger partial charge in [-0.2, -0.15) is 0 Å². The zero-order valence-corrected chi connectivity index (χ0v) is 22.2. The van der Waals surface area contributed by atoms with Crippen LogP contribution in [0.25, 0.3) is 11.3 Å². The van der Waals surface area contributed by atoms with Gasteiger partial charge in [-0.25, -0.2) is 0 Å². The van der Waals surface area contributed by atoms with Crippen LogP contribution in [-0.2, 0) is 11.8 Å². The minimum absolute atomic E-state index is 0.0362. The highest BCUT2D eigenvalue weighted by Crippen LogP contribution is 2.34. The van der Waals surface area contributed by atoms with Crippen molar-refractivity contribution in [2.24, 2.45) is 7.05 Å². The van der Waals surface area contributed by atoms with E-state index in [1.807, 2.05) is 35.6 Å². The number of hydrogen-bond donors (Lipinski definition) is 0. The second-order valence-electron chi connectivity index (χ2n) is 9.21. The fourth-order valence-electron chi connectivity index (χ4n) is 5.03. The molecule has 1 aromatic carbocycles. The lowest BCUT2D eigenvalue weighted by Gasteiger charge is -2.41. The van der Waals surface area contributed by atoms with E-state index in [9.17, 15) is 9.59 Å². The van der Waals surface area contributed by atoms with Crippen LogP contribution in [0.3, 0.4) is 0 Å². The Morgan fingerprint density at radius 3 is 2.42 bits per heavy atom. The molecule has 0 aliphatic carbocycles. The molecule has 8 heteroatoms. The molecule has 0 bridgehead atoms. The minimum atomic E-state index is -0.538. The third kappa shape index (κ3) is 5.23. The number of nitrogens with zero attached hydrogens (tertiary/aromatic N) is 3. The first-order chi connectivity index (χ1) is 17.2. The van der Waals surface area contributed by atoms with Crippen LogP contribution in [0, 0.1) is 6.92 Å². The number of halogens is 2. The number of ether oxygens (including phenoxy) is 1. The Morgan fingerprint density at radius 2 is 1.81 bits per heavy atom. The Balaban J connectivity index is 1.77. The maximum atomic E-state index is 14.2. The van der Waals surface area contributed by atoms with E-state index in [-0.39, 0.29) is 11.9 Å². The van der Waals surface area contributed by atoms with Crippen LogP contribution in [0.4, 0.5) is 0 Å². The molecule has 1 amide bonds. The van der Waals surface area contributed by atoms with Crippen LogP contribution in [0.15, 0.2) is 60.7 Å². The summed E-state index contributed by atoms with van der Waals surface area (Å²) in [5, 5.41) is -0.0353. The fourth-order valence-corrected chi connectivity index (χ4v) is 5.39. The lowest BCUT2D eigenvalue weighted by Crippen LogP contribution is -2.51. The van der Waals surface area contributed by atoms with Crippen molar-refractivity contribution in [2.45, 2.75) is 19.4 Å². The second kappa shape index (κ2) is 11.2. The van der Waals surface area contributed by atoms with Crippen LogP contribution in [0.1, 0.15) is 32.8 Å². The Morgan fingerprint density at radius 1 is 1.11 bits per heavy atom. The van der Waals surface area contributed by atoms with Crippen LogP contribution in [0.5, 0.6) is 0 Å². The van der Waals surface area contributed by atoms with Gasteiger partial charge >= 0.3 is 0 Å². The maximum absolute atomic E-state index is 14.2. The molecular weight excluding hydrogens is 497 g/mol. The number of carbonyl (C=O) groups is 2. The van der Waals surface area contributed by atoms with Crippen LogP contribution in [-0.4, -0.2) is 71.0 Å². The summed E-state index contributed by atoms with van der Waals surface area (Å²) in [5.74, 6) is -0.0972. The molecule has 1 fully saturated rings. The van der Waals surface area contributed by atoms with Gasteiger partial charge in [-0.05, 0) is 60.4 Å². The van der Waals surface area contributed by atoms with Gasteiger partial charge in [0.05, 0.1) is 18.8 Å². The number of hydrogen-bond acceptors (Lipinski definition) is 4. The van der Waals surface area contributed by atoms with Gasteiger partial charge in [0.2, 0.25) is 0 Å². The summed E-state index contributed by atoms with van der Waals surface area (Å²) in [4.78, 5) is 30.4. The van der Waals surface area contributed by atoms with Crippen LogP contribution >= 0.6 is 23.2 Å². The average Bonchev–Trinajstić information content (AvgIpc) is 3.18. The highest BCUT2D eigenvalue weighted by atomic mass is 35.5. The molecule has 0 N–H and O–H groups in total. The molecule has 36 heavy (non-hydrogen) atoms. The third-order valence-electron chi connectivity index (χ3n) is 7.21. The fraction of sp³-hybridized carbons (Fsp3) is 0.357. The Labute approximate surface area is 222 Å². The average molecular weight is 528 g/mol. The van der Waals surface area contributed by atoms with Gasteiger partial charge in [0.1, 0.15) is 0 Å². The Bertz CT molecular complexity index is 1240. The Hall–Kier alpha value is -2.64. The number of allylic oxidation sites excluding steroid dienone is 1. The van der Waals surface area contributed by atoms with Crippen molar-refractivity contribution in [3.8, 4) is 11.3 Å². The molecule has 0 saturated carbocycles. The molecule has 1 atom stereocenters. The first kappa shape index (κ1) is 26.4. The first-order valence-corrected chi connectivity index (χ1v) is 12.7. The lowest BCUT2D eigenvalue weighted by atomic mass is 9.92. The van der Waals surface area contributed by atoms with Gasteiger partial charge in [0.15, 0.2) is 0 Å². The molecular formula is C28H31Cl2N3O3. The summed E-state index contributed by atoms with van der Waals surface area (Å²) in [5.41, 5.74) is 5.12. The molecule has 190 valence electrons. The number of morpholine rings is 1. The van der Waals surface area contributed by atoms with Crippen LogP contribution < -0.4 is 0 Å². The van der Waals surface area contributed by atoms with E-state index in [0.29, 0.717) is 53.6 Å². The zero-order chi connectivity index (χ0) is 26.0. The van der Waals surface area contributed by atoms with Gasteiger partial charge in [-0.15, -0.1) is 0 Å². The number of benzene rings is 1. The molecule has 1 aromatic heterocycles. The number of aromatic nitrogens is 1. The van der Waals surface area contributed by atoms with Crippen molar-refractivity contribution >= 4 is 34.4 Å². The molecule has 3 heterocycles. The lowest BCUT2D eigenvalue weighted by molar-refractivity contribution is 0.0218. The van der Waals surface area contributed by atoms with E-state index in [4.69, 9.17) is 27.9 Å². The molecule has 1 saturated heterocycles. The molecule has 2 aromatic rings. The SMILES string of the molecule is C=CC1=C(C=C)CN(C(=O)c2ccc(Cl)cc2-c2cc(C(=O)Cl)c(C)n2C)C(CN2CCOCC2)C1. The molecule has 1 unspecified atom stereocenters. The first-order valence-electron chi connectivity index (χ1n) is 12.0. The molecule has 2 aliphatic rings. The molecule has 6 nitrogen and oxygen atoms in total. The molecule has 0 spiro atoms. The summed E-state index contributed by atoms with van der Waals surface area (Å²) in [6.07, 6.45) is 4.38. The topological polar surface area (TPSA) is 54.8 Å². The Kier molecular flexibility index (Phi) is 8.20. The van der Waals surface area contributed by atoms with E-state index >= 15 is 0 Å². The molecule has 2 aliphatic heterocycles. The van der Waals surface area contributed by atoms with Crippen molar-refractivity contribution in [3.63, 3.8) is 0 Å². The van der Waals surface area contributed by atoms with Gasteiger partial charge < -0.3 is 14.2 Å². The zero-order valence-electron chi connectivity index (χ0n) is 20.7. The van der Waals surface area contributed by atoms with E-state index in [2.05, 4.69) is 18.1 Å². The summed E-state index contributed by atoms with van der Waals surface area (Å²) in [7, 11) is 1.85. The number of amides is 1. The smallest absolute Gasteiger partial charge is 0.255 e. The van der Waals surface area contributed by atoms with Crippen molar-refractivity contribution in [1.82, 2.24) is 14.4 Å². The second-order valence-corrected chi connectivity index (χ2v) is 9.99. The van der Waals surface area contributed by atoms with Gasteiger partial charge in [-0.1, -0.05) is 36.9 Å². The summed E-state index contributed by atoms with van der Waals surface area (Å²) in [6, 6.07) is 6.94. The highest BCUT2D eigenvalue weighted by Gasteiger charge is 2.33. The van der Waals surface area contributed by atoms with E-state index in [1.54, 1.807) is 24.3 Å². The van der Waals surface area contributed by atoms with Gasteiger partial charge in [-0.3, -0.25) is 14.5 Å².